The number of nitrogens with zero attached hydrogens (tertiary/aromatic N) is 1. The van der Waals surface area contributed by atoms with Crippen LogP contribution in [-0.4, -0.2) is 30.5 Å². The van der Waals surface area contributed by atoms with E-state index in [0.29, 0.717) is 22.4 Å². The monoisotopic (exact) mass is 383 g/mol. The predicted molar refractivity (Wildman–Crippen MR) is 99.9 cm³/mol. The minimum Gasteiger partial charge on any atom is -0.356 e. The smallest absolute Gasteiger partial charge is 0.226 e. The van der Waals surface area contributed by atoms with Gasteiger partial charge in [-0.1, -0.05) is 23.2 Å². The number of carbonyl (C=O) groups excluding carboxylic acids is 1. The van der Waals surface area contributed by atoms with Gasteiger partial charge in [-0.3, -0.25) is 4.79 Å². The van der Waals surface area contributed by atoms with E-state index < -0.39 is 0 Å². The Morgan fingerprint density at radius 2 is 2.29 bits per heavy atom. The highest BCUT2D eigenvalue weighted by Crippen LogP contribution is 2.32. The van der Waals surface area contributed by atoms with Crippen molar-refractivity contribution in [3.05, 3.63) is 39.3 Å². The van der Waals surface area contributed by atoms with E-state index in [-0.39, 0.29) is 5.91 Å². The maximum Gasteiger partial charge on any atom is 0.226 e. The Morgan fingerprint density at radius 3 is 3.04 bits per heavy atom. The molecule has 3 rings (SSSR count). The van der Waals surface area contributed by atoms with Crippen LogP contribution in [0.3, 0.4) is 0 Å². The number of rotatable bonds is 6. The number of amides is 1. The van der Waals surface area contributed by atoms with E-state index in [1.54, 1.807) is 12.1 Å². The molecular weight excluding hydrogens is 365 g/mol. The first-order valence-corrected chi connectivity index (χ1v) is 9.62. The van der Waals surface area contributed by atoms with Crippen LogP contribution < -0.4 is 10.6 Å². The lowest BCUT2D eigenvalue weighted by Gasteiger charge is -2.08. The molecule has 0 bridgehead atoms. The Morgan fingerprint density at radius 1 is 1.42 bits per heavy atom. The molecule has 1 unspecified atom stereocenters. The van der Waals surface area contributed by atoms with Crippen molar-refractivity contribution in [1.29, 1.82) is 0 Å². The standard InChI is InChI=1S/C17H19Cl2N3OS/c18-12-1-2-14(15(19)7-12)17-22-13(10-24-17)8-16(23)21-6-4-11-3-5-20-9-11/h1-2,7,10-11,20H,3-6,8-9H2,(H,21,23). The van der Waals surface area contributed by atoms with Crippen LogP contribution in [0, 0.1) is 5.92 Å². The van der Waals surface area contributed by atoms with Crippen molar-refractivity contribution in [1.82, 2.24) is 15.6 Å². The summed E-state index contributed by atoms with van der Waals surface area (Å²) in [5.74, 6) is 0.697. The van der Waals surface area contributed by atoms with Crippen LogP contribution in [0.25, 0.3) is 10.6 Å². The zero-order valence-corrected chi connectivity index (χ0v) is 15.5. The third-order valence-electron chi connectivity index (χ3n) is 4.09. The number of benzene rings is 1. The molecule has 0 spiro atoms. The molecule has 2 aromatic rings. The zero-order chi connectivity index (χ0) is 16.9. The van der Waals surface area contributed by atoms with Gasteiger partial charge in [-0.15, -0.1) is 11.3 Å². The summed E-state index contributed by atoms with van der Waals surface area (Å²) in [5, 5.41) is 10.2. The van der Waals surface area contributed by atoms with Gasteiger partial charge >= 0.3 is 0 Å². The average molecular weight is 384 g/mol. The van der Waals surface area contributed by atoms with E-state index in [4.69, 9.17) is 23.2 Å². The molecule has 1 aromatic heterocycles. The highest BCUT2D eigenvalue weighted by Gasteiger charge is 2.15. The molecule has 0 saturated carbocycles. The maximum atomic E-state index is 12.0. The fourth-order valence-electron chi connectivity index (χ4n) is 2.78. The van der Waals surface area contributed by atoms with Gasteiger partial charge in [0, 0.05) is 22.5 Å². The number of thiazole rings is 1. The minimum atomic E-state index is 0.0139. The molecule has 7 heteroatoms. The highest BCUT2D eigenvalue weighted by atomic mass is 35.5. The topological polar surface area (TPSA) is 54.0 Å². The molecule has 1 aliphatic rings. The second kappa shape index (κ2) is 8.30. The first-order chi connectivity index (χ1) is 11.6. The van der Waals surface area contributed by atoms with Gasteiger partial charge < -0.3 is 10.6 Å². The zero-order valence-electron chi connectivity index (χ0n) is 13.1. The molecule has 1 aliphatic heterocycles. The lowest BCUT2D eigenvalue weighted by Crippen LogP contribution is -2.27. The SMILES string of the molecule is O=C(Cc1csc(-c2ccc(Cl)cc2Cl)n1)NCCC1CCNC1. The molecule has 0 aliphatic carbocycles. The average Bonchev–Trinajstić information content (AvgIpc) is 3.19. The molecule has 2 heterocycles. The molecule has 128 valence electrons. The van der Waals surface area contributed by atoms with E-state index in [9.17, 15) is 4.79 Å². The van der Waals surface area contributed by atoms with Gasteiger partial charge in [0.05, 0.1) is 17.1 Å². The number of carbonyl (C=O) groups is 1. The number of nitrogens with one attached hydrogen (secondary N) is 2. The first kappa shape index (κ1) is 17.7. The fraction of sp³-hybridized carbons (Fsp3) is 0.412. The van der Waals surface area contributed by atoms with Crippen molar-refractivity contribution < 1.29 is 4.79 Å². The Balaban J connectivity index is 1.52. The van der Waals surface area contributed by atoms with Crippen molar-refractivity contribution in [2.24, 2.45) is 5.92 Å². The molecule has 24 heavy (non-hydrogen) atoms. The largest absolute Gasteiger partial charge is 0.356 e. The summed E-state index contributed by atoms with van der Waals surface area (Å²) in [6.45, 7) is 2.88. The van der Waals surface area contributed by atoms with Gasteiger partial charge in [-0.2, -0.15) is 0 Å². The Bertz CT molecular complexity index is 714. The van der Waals surface area contributed by atoms with Crippen LogP contribution in [0.1, 0.15) is 18.5 Å². The summed E-state index contributed by atoms with van der Waals surface area (Å²) in [7, 11) is 0. The molecule has 1 atom stereocenters. The summed E-state index contributed by atoms with van der Waals surface area (Å²) >= 11 is 13.6. The van der Waals surface area contributed by atoms with E-state index in [0.717, 1.165) is 42.3 Å². The third-order valence-corrected chi connectivity index (χ3v) is 5.56. The van der Waals surface area contributed by atoms with Crippen LogP contribution in [-0.2, 0) is 11.2 Å². The van der Waals surface area contributed by atoms with Crippen LogP contribution in [0.2, 0.25) is 10.0 Å². The third kappa shape index (κ3) is 4.70. The first-order valence-electron chi connectivity index (χ1n) is 7.99. The lowest BCUT2D eigenvalue weighted by atomic mass is 10.1. The van der Waals surface area contributed by atoms with Crippen LogP contribution in [0.15, 0.2) is 23.6 Å². The molecule has 2 N–H and O–H groups in total. The summed E-state index contributed by atoms with van der Waals surface area (Å²) in [4.78, 5) is 16.6. The quantitative estimate of drug-likeness (QED) is 0.797. The van der Waals surface area contributed by atoms with Gasteiger partial charge in [0.15, 0.2) is 0 Å². The Kier molecular flexibility index (Phi) is 6.11. The second-order valence-corrected chi connectivity index (χ2v) is 7.64. The van der Waals surface area contributed by atoms with Crippen molar-refractivity contribution in [2.75, 3.05) is 19.6 Å². The lowest BCUT2D eigenvalue weighted by molar-refractivity contribution is -0.120. The summed E-state index contributed by atoms with van der Waals surface area (Å²) in [5.41, 5.74) is 1.60. The number of halogens is 2. The number of aromatic nitrogens is 1. The van der Waals surface area contributed by atoms with Gasteiger partial charge in [0.25, 0.3) is 0 Å². The molecule has 1 aromatic carbocycles. The van der Waals surface area contributed by atoms with Gasteiger partial charge in [-0.25, -0.2) is 4.98 Å². The normalized spacial score (nSPS) is 17.2. The number of hydrogen-bond donors (Lipinski definition) is 2. The Labute approximate surface area is 155 Å². The Hall–Kier alpha value is -1.14. The molecule has 1 fully saturated rings. The molecule has 1 saturated heterocycles. The van der Waals surface area contributed by atoms with Crippen LogP contribution >= 0.6 is 34.5 Å². The van der Waals surface area contributed by atoms with Gasteiger partial charge in [0.1, 0.15) is 5.01 Å². The minimum absolute atomic E-state index is 0.0139. The van der Waals surface area contributed by atoms with Crippen molar-refractivity contribution >= 4 is 40.4 Å². The number of hydrogen-bond acceptors (Lipinski definition) is 4. The molecular formula is C17H19Cl2N3OS. The summed E-state index contributed by atoms with van der Waals surface area (Å²) < 4.78 is 0. The second-order valence-electron chi connectivity index (χ2n) is 5.94. The van der Waals surface area contributed by atoms with Crippen LogP contribution in [0.5, 0.6) is 0 Å². The predicted octanol–water partition coefficient (Wildman–Crippen LogP) is 3.78. The maximum absolute atomic E-state index is 12.0. The summed E-state index contributed by atoms with van der Waals surface area (Å²) in [6, 6.07) is 5.33. The molecule has 1 amide bonds. The highest BCUT2D eigenvalue weighted by molar-refractivity contribution is 7.13. The fourth-order valence-corrected chi connectivity index (χ4v) is 4.19. The van der Waals surface area contributed by atoms with E-state index >= 15 is 0 Å². The molecule has 0 radical (unpaired) electrons. The van der Waals surface area contributed by atoms with E-state index in [1.165, 1.54) is 17.8 Å². The van der Waals surface area contributed by atoms with Crippen LogP contribution in [0.4, 0.5) is 0 Å². The summed E-state index contributed by atoms with van der Waals surface area (Å²) in [6.07, 6.45) is 2.53. The van der Waals surface area contributed by atoms with E-state index in [1.807, 2.05) is 11.4 Å². The van der Waals surface area contributed by atoms with E-state index in [2.05, 4.69) is 15.6 Å². The van der Waals surface area contributed by atoms with Gasteiger partial charge in [0.2, 0.25) is 5.91 Å². The van der Waals surface area contributed by atoms with Crippen molar-refractivity contribution in [3.63, 3.8) is 0 Å². The van der Waals surface area contributed by atoms with Gasteiger partial charge in [-0.05, 0) is 50.0 Å². The van der Waals surface area contributed by atoms with Crippen molar-refractivity contribution in [2.45, 2.75) is 19.3 Å². The molecule has 4 nitrogen and oxygen atoms in total. The van der Waals surface area contributed by atoms with Crippen molar-refractivity contribution in [3.8, 4) is 10.6 Å².